The van der Waals surface area contributed by atoms with Crippen molar-refractivity contribution in [2.24, 2.45) is 91.2 Å². The normalized spacial score (nSPS) is 15.5. The van der Waals surface area contributed by atoms with Crippen LogP contribution in [-0.2, 0) is 76.7 Å². The number of nitrogens with two attached hydrogens (primary N) is 9. The molecule has 0 saturated carbocycles. The van der Waals surface area contributed by atoms with Gasteiger partial charge in [0.15, 0.2) is 11.9 Å². The smallest absolute Gasteiger partial charge is 0.326 e. The van der Waals surface area contributed by atoms with Crippen LogP contribution >= 0.6 is 0 Å². The monoisotopic (exact) mass is 1460 g/mol. The van der Waals surface area contributed by atoms with Gasteiger partial charge in [-0.1, -0.05) is 88.5 Å². The summed E-state index contributed by atoms with van der Waals surface area (Å²) in [5, 5.41) is 37.5. The van der Waals surface area contributed by atoms with Crippen molar-refractivity contribution in [2.75, 3.05) is 13.1 Å². The first-order valence-electron chi connectivity index (χ1n) is 34.6. The molecule has 0 heterocycles. The molecule has 15 amide bonds. The first-order valence-corrected chi connectivity index (χ1v) is 34.6. The Kier molecular flexibility index (Phi) is 43.4. The molecule has 30 N–H and O–H groups in total. The second-order valence-corrected chi connectivity index (χ2v) is 26.6. The van der Waals surface area contributed by atoms with Gasteiger partial charge in [-0.3, -0.25) is 81.9 Å². The van der Waals surface area contributed by atoms with Crippen LogP contribution in [0.25, 0.3) is 0 Å². The van der Waals surface area contributed by atoms with Crippen molar-refractivity contribution in [2.45, 2.75) is 251 Å². The quantitative estimate of drug-likeness (QED) is 0.0153. The summed E-state index contributed by atoms with van der Waals surface area (Å²) in [6.07, 6.45) is -2.50. The molecule has 0 spiro atoms. The highest BCUT2D eigenvalue weighted by atomic mass is 16.4. The van der Waals surface area contributed by atoms with E-state index in [2.05, 4.69) is 68.5 Å². The van der Waals surface area contributed by atoms with Gasteiger partial charge in [0.05, 0.1) is 12.5 Å². The van der Waals surface area contributed by atoms with Crippen molar-refractivity contribution >= 4 is 106 Å². The minimum atomic E-state index is -1.83. The summed E-state index contributed by atoms with van der Waals surface area (Å²) in [7, 11) is 0. The van der Waals surface area contributed by atoms with E-state index in [4.69, 9.17) is 51.6 Å². The number of carbonyl (C=O) groups excluding carboxylic acids is 15. The average Bonchev–Trinajstić information content (AvgIpc) is 0.856. The molecule has 39 nitrogen and oxygen atoms in total. The van der Waals surface area contributed by atoms with E-state index in [0.717, 1.165) is 0 Å². The third-order valence-electron chi connectivity index (χ3n) is 16.7. The van der Waals surface area contributed by atoms with Crippen LogP contribution in [-0.4, -0.2) is 197 Å². The maximum Gasteiger partial charge on any atom is 0.326 e. The zero-order chi connectivity index (χ0) is 79.1. The van der Waals surface area contributed by atoms with Crippen molar-refractivity contribution in [3.8, 4) is 0 Å². The lowest BCUT2D eigenvalue weighted by Crippen LogP contribution is -2.62. The summed E-state index contributed by atoms with van der Waals surface area (Å²) < 4.78 is 0. The summed E-state index contributed by atoms with van der Waals surface area (Å²) in [4.78, 5) is 223. The lowest BCUT2D eigenvalue weighted by atomic mass is 9.96. The van der Waals surface area contributed by atoms with Crippen LogP contribution in [0.3, 0.4) is 0 Å². The third kappa shape index (κ3) is 37.5. The molecule has 0 aliphatic heterocycles. The zero-order valence-corrected chi connectivity index (χ0v) is 61.1. The Bertz CT molecular complexity index is 2960. The molecule has 39 heteroatoms. The van der Waals surface area contributed by atoms with E-state index in [1.165, 1.54) is 13.8 Å². The fourth-order valence-electron chi connectivity index (χ4n) is 10.0. The van der Waals surface area contributed by atoms with E-state index in [0.29, 0.717) is 12.8 Å². The highest BCUT2D eigenvalue weighted by molar-refractivity contribution is 6.00. The molecule has 0 aromatic rings. The maximum atomic E-state index is 14.5. The lowest BCUT2D eigenvalue weighted by Gasteiger charge is -2.30. The molecular weight excluding hydrogens is 1350 g/mol. The topological polar surface area (TPSA) is 685 Å². The predicted octanol–water partition coefficient (Wildman–Crippen LogP) is -6.24. The maximum absolute atomic E-state index is 14.5. The van der Waals surface area contributed by atoms with E-state index < -0.39 is 217 Å². The van der Waals surface area contributed by atoms with E-state index in [9.17, 15) is 81.8 Å². The number of nitrogens with one attached hydrogen (secondary N) is 11. The van der Waals surface area contributed by atoms with Crippen LogP contribution in [0.15, 0.2) is 9.98 Å². The Morgan fingerprint density at radius 3 is 0.981 bits per heavy atom. The summed E-state index contributed by atoms with van der Waals surface area (Å²) in [6.45, 7) is 18.0. The van der Waals surface area contributed by atoms with Crippen molar-refractivity contribution < 1.29 is 81.8 Å². The fourth-order valence-corrected chi connectivity index (χ4v) is 10.0. The first kappa shape index (κ1) is 93.0. The minimum absolute atomic E-state index is 0.0402. The molecular formula is C64H116N22O17. The van der Waals surface area contributed by atoms with E-state index in [1.807, 2.05) is 0 Å². The average molecular weight is 1470 g/mol. The first-order chi connectivity index (χ1) is 48.0. The molecule has 584 valence electrons. The highest BCUT2D eigenvalue weighted by Crippen LogP contribution is 2.17. The molecule has 0 aromatic carbocycles. The largest absolute Gasteiger partial charge is 0.480 e. The fraction of sp³-hybridized carbons (Fsp3) is 0.719. The number of carbonyl (C=O) groups is 16. The minimum Gasteiger partial charge on any atom is -0.480 e. The van der Waals surface area contributed by atoms with Crippen LogP contribution in [0.1, 0.15) is 179 Å². The van der Waals surface area contributed by atoms with E-state index >= 15 is 0 Å². The Morgan fingerprint density at radius 1 is 0.330 bits per heavy atom. The summed E-state index contributed by atoms with van der Waals surface area (Å²) >= 11 is 0. The molecule has 0 aliphatic carbocycles. The van der Waals surface area contributed by atoms with E-state index in [1.54, 1.807) is 62.3 Å². The van der Waals surface area contributed by atoms with Gasteiger partial charge in [0, 0.05) is 32.4 Å². The van der Waals surface area contributed by atoms with Gasteiger partial charge >= 0.3 is 5.97 Å². The van der Waals surface area contributed by atoms with Gasteiger partial charge < -0.3 is 115 Å². The Morgan fingerprint density at radius 2 is 0.621 bits per heavy atom. The number of hydrogen-bond donors (Lipinski definition) is 21. The lowest BCUT2D eigenvalue weighted by molar-refractivity contribution is -0.144. The second kappa shape index (κ2) is 48.0. The van der Waals surface area contributed by atoms with Crippen molar-refractivity contribution in [3.05, 3.63) is 0 Å². The number of hydrogen-bond acceptors (Lipinski definition) is 19. The molecule has 0 unspecified atom stereocenters. The van der Waals surface area contributed by atoms with Crippen molar-refractivity contribution in [1.82, 2.24) is 58.5 Å². The second-order valence-electron chi connectivity index (χ2n) is 26.6. The molecule has 0 radical (unpaired) electrons. The van der Waals surface area contributed by atoms with Crippen LogP contribution in [0.5, 0.6) is 0 Å². The number of amides is 15. The summed E-state index contributed by atoms with van der Waals surface area (Å²) in [6, 6.07) is -17.8. The number of carboxylic acids is 1. The predicted molar refractivity (Wildman–Crippen MR) is 379 cm³/mol. The number of guanidine groups is 2. The molecule has 103 heavy (non-hydrogen) atoms. The van der Waals surface area contributed by atoms with Gasteiger partial charge in [-0.2, -0.15) is 0 Å². The van der Waals surface area contributed by atoms with Crippen LogP contribution in [0.4, 0.5) is 0 Å². The van der Waals surface area contributed by atoms with Crippen LogP contribution in [0.2, 0.25) is 0 Å². The summed E-state index contributed by atoms with van der Waals surface area (Å²) in [5.74, 6) is -18.7. The Balaban J connectivity index is 7.12. The number of carboxylic acid groups (broad SMARTS) is 1. The number of aliphatic imine (C=N–C) groups is 2. The molecule has 15 atom stereocenters. The highest BCUT2D eigenvalue weighted by Gasteiger charge is 2.39. The van der Waals surface area contributed by atoms with Crippen LogP contribution < -0.4 is 110 Å². The number of primary amides is 4. The molecule has 0 bridgehead atoms. The van der Waals surface area contributed by atoms with E-state index in [-0.39, 0.29) is 94.6 Å². The number of nitrogens with zero attached hydrogens (tertiary/aromatic N) is 2. The Labute approximate surface area is 600 Å². The van der Waals surface area contributed by atoms with Crippen molar-refractivity contribution in [3.63, 3.8) is 0 Å². The third-order valence-corrected chi connectivity index (χ3v) is 16.7. The molecule has 0 rings (SSSR count). The molecule has 0 saturated heterocycles. The molecule has 0 aromatic heterocycles. The van der Waals surface area contributed by atoms with Crippen molar-refractivity contribution in [1.29, 1.82) is 0 Å². The van der Waals surface area contributed by atoms with Gasteiger partial charge in [0.25, 0.3) is 0 Å². The number of rotatable bonds is 52. The van der Waals surface area contributed by atoms with Gasteiger partial charge in [0.2, 0.25) is 88.6 Å². The molecule has 0 fully saturated rings. The molecule has 0 aliphatic rings. The van der Waals surface area contributed by atoms with Gasteiger partial charge in [0.1, 0.15) is 66.5 Å². The van der Waals surface area contributed by atoms with Gasteiger partial charge in [-0.25, -0.2) is 4.79 Å². The van der Waals surface area contributed by atoms with Gasteiger partial charge in [-0.05, 0) is 94.3 Å². The zero-order valence-electron chi connectivity index (χ0n) is 61.1. The summed E-state index contributed by atoms with van der Waals surface area (Å²) in [5.41, 5.74) is 49.5. The van der Waals surface area contributed by atoms with Gasteiger partial charge in [-0.15, -0.1) is 0 Å². The Hall–Kier alpha value is -9.98. The van der Waals surface area contributed by atoms with Crippen LogP contribution in [0, 0.1) is 29.6 Å². The SMILES string of the molecule is CC[C@H](C)[C@H](NC(=O)[C@H](CCCN=C(N)N)NC(=O)[C@H](C)NC(=O)[C@H](CC(C)C)NC(=O)[C@H](CC(N)=O)NC(=O)[C@@H](NC(=O)[C@H](CCC(N)=O)NC(=O)[C@H](CCC(N)=O)NC(=O)[C@H](CC(C)C)NC(=O)[C@@H](NC(=O)[C@H](CCCN=C(N)N)NC(=O)[C@@H](N)CCC(N)=O)[C@@H](C)CC)[C@@H](C)CC)C(=O)O. The number of aliphatic carboxylic acids is 1. The standard InChI is InChI=1S/C64H116N22O17/c1-12-32(8)48(84-54(94)38(18-16-26-75-64(72)73)78-52(92)36(65)19-22-44(66)87)60(100)82-42(28-31(6)7)58(98)80-39(20-23-45(67)88)53(93)79-40(21-24-46(68)89)56(96)85-49(33(9)13-2)61(101)83-43(29-47(69)90)59(99)81-41(27-30(4)5)57(97)76-35(11)51(91)77-37(17-15-25-74-63(70)71)55(95)86-50(62(102)103)34(10)14-3/h30-43,48-50H,12-29,65H2,1-11H3,(H2,66,87)(H2,67,88)(H2,68,89)(H2,69,90)(H,76,97)(H,77,91)(H,78,92)(H,79,93)(H,80,98)(H,81,99)(H,82,100)(H,83,101)(H,84,94)(H,85,96)(H,86,95)(H,102,103)(H4,70,71,74)(H4,72,73,75)/t32-,33-,34-,35-,36-,37-,38-,39-,40-,41-,42-,43-,48-,49-,50-/m0/s1.